The Labute approximate surface area is 78.8 Å². The number of carbonyl (C=O) groups excluding carboxylic acids is 1. The highest BCUT2D eigenvalue weighted by Crippen LogP contribution is 2.01. The van der Waals surface area contributed by atoms with E-state index >= 15 is 0 Å². The summed E-state index contributed by atoms with van der Waals surface area (Å²) in [7, 11) is 1.62. The highest BCUT2D eigenvalue weighted by molar-refractivity contribution is 5.79. The lowest BCUT2D eigenvalue weighted by atomic mass is 10.1. The van der Waals surface area contributed by atoms with Gasteiger partial charge in [0.1, 0.15) is 0 Å². The van der Waals surface area contributed by atoms with Crippen LogP contribution >= 0.6 is 0 Å². The fourth-order valence-corrected chi connectivity index (χ4v) is 0.899. The third-order valence-corrected chi connectivity index (χ3v) is 1.67. The zero-order chi connectivity index (χ0) is 10.5. The minimum Gasteiger partial charge on any atom is -0.383 e. The molecule has 0 rings (SSSR count). The molecule has 1 unspecified atom stereocenters. The predicted molar refractivity (Wildman–Crippen MR) is 51.1 cm³/mol. The molecule has 1 amide bonds. The minimum atomic E-state index is -0.642. The summed E-state index contributed by atoms with van der Waals surface area (Å²) in [5.74, 6) is -0.499. The maximum Gasteiger partial charge on any atom is 0.235 e. The standard InChI is InChI=1S/C8H19N3O2/c1-8(2,5-13-3)11-4-6(9)7(10)12/h6,11H,4-5,9H2,1-3H3,(H2,10,12). The number of methoxy groups -OCH3 is 1. The van der Waals surface area contributed by atoms with Crippen LogP contribution in [-0.4, -0.2) is 37.7 Å². The van der Waals surface area contributed by atoms with Crippen LogP contribution in [0, 0.1) is 0 Å². The quantitative estimate of drug-likeness (QED) is 0.490. The van der Waals surface area contributed by atoms with Crippen LogP contribution in [0.5, 0.6) is 0 Å². The zero-order valence-electron chi connectivity index (χ0n) is 8.46. The molecule has 1 atom stereocenters. The van der Waals surface area contributed by atoms with Crippen LogP contribution in [0.3, 0.4) is 0 Å². The number of ether oxygens (including phenoxy) is 1. The van der Waals surface area contributed by atoms with Gasteiger partial charge in [-0.1, -0.05) is 0 Å². The lowest BCUT2D eigenvalue weighted by Gasteiger charge is -2.26. The van der Waals surface area contributed by atoms with Gasteiger partial charge in [-0.3, -0.25) is 4.79 Å². The Morgan fingerprint density at radius 3 is 2.54 bits per heavy atom. The summed E-state index contributed by atoms with van der Waals surface area (Å²) in [6.07, 6.45) is 0. The summed E-state index contributed by atoms with van der Waals surface area (Å²) < 4.78 is 4.98. The maximum absolute atomic E-state index is 10.6. The summed E-state index contributed by atoms with van der Waals surface area (Å²) in [4.78, 5) is 10.6. The molecule has 0 saturated carbocycles. The Morgan fingerprint density at radius 2 is 2.15 bits per heavy atom. The molecule has 0 aliphatic carbocycles. The Hall–Kier alpha value is -0.650. The summed E-state index contributed by atoms with van der Waals surface area (Å²) in [5.41, 5.74) is 10.3. The second-order valence-corrected chi connectivity index (χ2v) is 3.71. The van der Waals surface area contributed by atoms with Crippen LogP contribution in [0.1, 0.15) is 13.8 Å². The van der Waals surface area contributed by atoms with Crippen LogP contribution in [0.2, 0.25) is 0 Å². The zero-order valence-corrected chi connectivity index (χ0v) is 8.46. The third kappa shape index (κ3) is 5.57. The van der Waals surface area contributed by atoms with E-state index < -0.39 is 11.9 Å². The summed E-state index contributed by atoms with van der Waals surface area (Å²) in [5, 5.41) is 3.09. The average Bonchev–Trinajstić information content (AvgIpc) is 2.00. The molecule has 5 heteroatoms. The van der Waals surface area contributed by atoms with Gasteiger partial charge in [-0.25, -0.2) is 0 Å². The van der Waals surface area contributed by atoms with E-state index in [1.54, 1.807) is 7.11 Å². The topological polar surface area (TPSA) is 90.4 Å². The van der Waals surface area contributed by atoms with Gasteiger partial charge in [-0.05, 0) is 13.8 Å². The minimum absolute atomic E-state index is 0.193. The van der Waals surface area contributed by atoms with E-state index in [0.29, 0.717) is 13.2 Å². The third-order valence-electron chi connectivity index (χ3n) is 1.67. The lowest BCUT2D eigenvalue weighted by Crippen LogP contribution is -2.52. The summed E-state index contributed by atoms with van der Waals surface area (Å²) in [6.45, 7) is 4.85. The van der Waals surface area contributed by atoms with Crippen molar-refractivity contribution in [3.63, 3.8) is 0 Å². The Morgan fingerprint density at radius 1 is 1.62 bits per heavy atom. The number of nitrogens with one attached hydrogen (secondary N) is 1. The predicted octanol–water partition coefficient (Wildman–Crippen LogP) is -1.19. The molecule has 0 heterocycles. The molecule has 5 nitrogen and oxygen atoms in total. The Balaban J connectivity index is 3.80. The van der Waals surface area contributed by atoms with Gasteiger partial charge in [-0.2, -0.15) is 0 Å². The Bertz CT molecular complexity index is 171. The number of hydrogen-bond donors (Lipinski definition) is 3. The van der Waals surface area contributed by atoms with Crippen LogP contribution in [0.15, 0.2) is 0 Å². The molecule has 78 valence electrons. The van der Waals surface area contributed by atoms with E-state index in [-0.39, 0.29) is 5.54 Å². The molecule has 0 spiro atoms. The van der Waals surface area contributed by atoms with Crippen molar-refractivity contribution in [1.82, 2.24) is 5.32 Å². The lowest BCUT2D eigenvalue weighted by molar-refractivity contribution is -0.119. The van der Waals surface area contributed by atoms with Crippen molar-refractivity contribution >= 4 is 5.91 Å². The normalized spacial score (nSPS) is 14.2. The molecule has 13 heavy (non-hydrogen) atoms. The molecule has 0 aliphatic heterocycles. The second-order valence-electron chi connectivity index (χ2n) is 3.71. The SMILES string of the molecule is COCC(C)(C)NCC(N)C(N)=O. The van der Waals surface area contributed by atoms with Crippen LogP contribution in [-0.2, 0) is 9.53 Å². The smallest absolute Gasteiger partial charge is 0.235 e. The molecular weight excluding hydrogens is 170 g/mol. The van der Waals surface area contributed by atoms with E-state index in [0.717, 1.165) is 0 Å². The van der Waals surface area contributed by atoms with E-state index in [1.165, 1.54) is 0 Å². The maximum atomic E-state index is 10.6. The number of amides is 1. The number of primary amides is 1. The summed E-state index contributed by atoms with van der Waals surface area (Å²) >= 11 is 0. The van der Waals surface area contributed by atoms with Crippen molar-refractivity contribution in [1.29, 1.82) is 0 Å². The molecule has 0 aliphatic rings. The molecular formula is C8H19N3O2. The molecule has 0 radical (unpaired) electrons. The van der Waals surface area contributed by atoms with Crippen molar-refractivity contribution in [3.05, 3.63) is 0 Å². The Kier molecular flexibility index (Phi) is 4.90. The van der Waals surface area contributed by atoms with Gasteiger partial charge in [0.25, 0.3) is 0 Å². The van der Waals surface area contributed by atoms with E-state index in [4.69, 9.17) is 16.2 Å². The number of hydrogen-bond acceptors (Lipinski definition) is 4. The highest BCUT2D eigenvalue weighted by Gasteiger charge is 2.19. The molecule has 0 saturated heterocycles. The average molecular weight is 189 g/mol. The molecule has 0 aromatic carbocycles. The first-order chi connectivity index (χ1) is 5.89. The van der Waals surface area contributed by atoms with Gasteiger partial charge in [-0.15, -0.1) is 0 Å². The number of rotatable bonds is 6. The van der Waals surface area contributed by atoms with Crippen LogP contribution in [0.25, 0.3) is 0 Å². The first-order valence-electron chi connectivity index (χ1n) is 4.18. The van der Waals surface area contributed by atoms with E-state index in [9.17, 15) is 4.79 Å². The van der Waals surface area contributed by atoms with Crippen molar-refractivity contribution in [2.75, 3.05) is 20.3 Å². The van der Waals surface area contributed by atoms with Gasteiger partial charge < -0.3 is 21.5 Å². The first kappa shape index (κ1) is 12.3. The largest absolute Gasteiger partial charge is 0.383 e. The van der Waals surface area contributed by atoms with Gasteiger partial charge in [0, 0.05) is 19.2 Å². The van der Waals surface area contributed by atoms with Gasteiger partial charge in [0.05, 0.1) is 12.6 Å². The van der Waals surface area contributed by atoms with E-state index in [2.05, 4.69) is 5.32 Å². The fraction of sp³-hybridized carbons (Fsp3) is 0.875. The second kappa shape index (κ2) is 5.16. The highest BCUT2D eigenvalue weighted by atomic mass is 16.5. The monoisotopic (exact) mass is 189 g/mol. The number of carbonyl (C=O) groups is 1. The summed E-state index contributed by atoms with van der Waals surface area (Å²) in [6, 6.07) is -0.642. The van der Waals surface area contributed by atoms with Crippen molar-refractivity contribution in [2.24, 2.45) is 11.5 Å². The molecule has 0 aromatic heterocycles. The molecule has 0 aromatic rings. The van der Waals surface area contributed by atoms with Gasteiger partial charge in [0.2, 0.25) is 5.91 Å². The molecule has 0 fully saturated rings. The van der Waals surface area contributed by atoms with Gasteiger partial charge in [0.15, 0.2) is 0 Å². The van der Waals surface area contributed by atoms with Crippen molar-refractivity contribution in [2.45, 2.75) is 25.4 Å². The first-order valence-corrected chi connectivity index (χ1v) is 4.18. The van der Waals surface area contributed by atoms with Crippen LogP contribution in [0.4, 0.5) is 0 Å². The van der Waals surface area contributed by atoms with Gasteiger partial charge >= 0.3 is 0 Å². The van der Waals surface area contributed by atoms with Crippen LogP contribution < -0.4 is 16.8 Å². The fourth-order valence-electron chi connectivity index (χ4n) is 0.899. The van der Waals surface area contributed by atoms with Crippen molar-refractivity contribution in [3.8, 4) is 0 Å². The molecule has 0 bridgehead atoms. The number of nitrogens with two attached hydrogens (primary N) is 2. The van der Waals surface area contributed by atoms with E-state index in [1.807, 2.05) is 13.8 Å². The molecule has 5 N–H and O–H groups in total. The van der Waals surface area contributed by atoms with Crippen molar-refractivity contribution < 1.29 is 9.53 Å².